The van der Waals surface area contributed by atoms with E-state index in [1.807, 2.05) is 16.9 Å². The number of aromatic nitrogens is 2. The van der Waals surface area contributed by atoms with Crippen LogP contribution >= 0.6 is 0 Å². The summed E-state index contributed by atoms with van der Waals surface area (Å²) in [7, 11) is 0. The van der Waals surface area contributed by atoms with Crippen LogP contribution in [0.2, 0.25) is 0 Å². The normalized spacial score (nSPS) is 22.1. The highest BCUT2D eigenvalue weighted by Crippen LogP contribution is 2.29. The van der Waals surface area contributed by atoms with Crippen molar-refractivity contribution in [2.24, 2.45) is 5.92 Å². The van der Waals surface area contributed by atoms with Gasteiger partial charge in [-0.2, -0.15) is 5.10 Å². The van der Waals surface area contributed by atoms with Crippen LogP contribution in [0.3, 0.4) is 0 Å². The van der Waals surface area contributed by atoms with Crippen molar-refractivity contribution in [3.05, 3.63) is 42.7 Å². The number of nitrogens with one attached hydrogen (secondary N) is 1. The summed E-state index contributed by atoms with van der Waals surface area (Å²) >= 11 is 0. The third-order valence-electron chi connectivity index (χ3n) is 4.55. The summed E-state index contributed by atoms with van der Waals surface area (Å²) in [4.78, 5) is 0. The molecule has 1 aromatic carbocycles. The Hall–Kier alpha value is -1.77. The largest absolute Gasteiger partial charge is 0.382 e. The molecule has 0 aliphatic heterocycles. The van der Waals surface area contributed by atoms with E-state index in [0.29, 0.717) is 6.04 Å². The van der Waals surface area contributed by atoms with Gasteiger partial charge in [0.05, 0.1) is 5.69 Å². The van der Waals surface area contributed by atoms with Crippen molar-refractivity contribution in [1.29, 1.82) is 0 Å². The van der Waals surface area contributed by atoms with Crippen molar-refractivity contribution in [2.75, 3.05) is 5.32 Å². The molecule has 1 fully saturated rings. The molecule has 1 aliphatic carbocycles. The maximum Gasteiger partial charge on any atom is 0.0647 e. The average Bonchev–Trinajstić information content (AvgIpc) is 3.05. The van der Waals surface area contributed by atoms with Crippen LogP contribution in [-0.4, -0.2) is 15.8 Å². The number of hydrogen-bond acceptors (Lipinski definition) is 2. The number of rotatable bonds is 5. The second-order valence-corrected chi connectivity index (χ2v) is 6.15. The second kappa shape index (κ2) is 6.79. The van der Waals surface area contributed by atoms with E-state index in [9.17, 15) is 0 Å². The number of anilines is 1. The third-order valence-corrected chi connectivity index (χ3v) is 4.55. The first-order valence-corrected chi connectivity index (χ1v) is 8.22. The van der Waals surface area contributed by atoms with Gasteiger partial charge in [0.2, 0.25) is 0 Å². The molecule has 1 aliphatic rings. The molecule has 112 valence electrons. The van der Waals surface area contributed by atoms with E-state index in [0.717, 1.165) is 11.6 Å². The van der Waals surface area contributed by atoms with E-state index in [-0.39, 0.29) is 0 Å². The molecular formula is C18H25N3. The van der Waals surface area contributed by atoms with Gasteiger partial charge in [-0.15, -0.1) is 0 Å². The topological polar surface area (TPSA) is 29.9 Å². The molecule has 3 nitrogen and oxygen atoms in total. The second-order valence-electron chi connectivity index (χ2n) is 6.15. The minimum Gasteiger partial charge on any atom is -0.382 e. The van der Waals surface area contributed by atoms with E-state index >= 15 is 0 Å². The fraction of sp³-hybridized carbons (Fsp3) is 0.500. The summed E-state index contributed by atoms with van der Waals surface area (Å²) in [6, 6.07) is 11.2. The van der Waals surface area contributed by atoms with Crippen LogP contribution in [-0.2, 0) is 0 Å². The zero-order valence-electron chi connectivity index (χ0n) is 12.8. The lowest BCUT2D eigenvalue weighted by molar-refractivity contribution is 0.319. The van der Waals surface area contributed by atoms with Gasteiger partial charge in [-0.25, -0.2) is 4.68 Å². The SMILES string of the molecule is CCCC1CCC(Nc2ccc(-n3cccn3)cc2)CC1. The summed E-state index contributed by atoms with van der Waals surface area (Å²) in [5, 5.41) is 7.94. The molecule has 1 heterocycles. The highest BCUT2D eigenvalue weighted by molar-refractivity contribution is 5.49. The number of hydrogen-bond donors (Lipinski definition) is 1. The summed E-state index contributed by atoms with van der Waals surface area (Å²) in [5.41, 5.74) is 2.34. The molecule has 1 aromatic heterocycles. The Kier molecular flexibility index (Phi) is 4.59. The van der Waals surface area contributed by atoms with Gasteiger partial charge in [0.15, 0.2) is 0 Å². The van der Waals surface area contributed by atoms with Gasteiger partial charge in [-0.3, -0.25) is 0 Å². The Balaban J connectivity index is 1.54. The Morgan fingerprint density at radius 2 is 1.90 bits per heavy atom. The molecule has 21 heavy (non-hydrogen) atoms. The lowest BCUT2D eigenvalue weighted by atomic mass is 9.83. The van der Waals surface area contributed by atoms with Crippen molar-refractivity contribution < 1.29 is 0 Å². The monoisotopic (exact) mass is 283 g/mol. The summed E-state index contributed by atoms with van der Waals surface area (Å²) in [6.45, 7) is 2.30. The zero-order chi connectivity index (χ0) is 14.5. The van der Waals surface area contributed by atoms with Gasteiger partial charge in [0, 0.05) is 24.1 Å². The van der Waals surface area contributed by atoms with Crippen molar-refractivity contribution in [1.82, 2.24) is 9.78 Å². The molecule has 2 aromatic rings. The van der Waals surface area contributed by atoms with E-state index in [2.05, 4.69) is 41.6 Å². The van der Waals surface area contributed by atoms with Crippen molar-refractivity contribution >= 4 is 5.69 Å². The molecule has 3 heteroatoms. The minimum atomic E-state index is 0.647. The molecule has 0 unspecified atom stereocenters. The first-order valence-electron chi connectivity index (χ1n) is 8.22. The molecule has 0 spiro atoms. The molecule has 3 rings (SSSR count). The van der Waals surface area contributed by atoms with Crippen LogP contribution in [0.1, 0.15) is 45.4 Å². The Morgan fingerprint density at radius 1 is 1.14 bits per heavy atom. The Bertz CT molecular complexity index is 522. The standard InChI is InChI=1S/C18H25N3/c1-2-4-15-5-7-16(8-6-15)20-17-9-11-18(12-10-17)21-14-3-13-19-21/h3,9-16,20H,2,4-8H2,1H3. The van der Waals surface area contributed by atoms with Crippen molar-refractivity contribution in [3.63, 3.8) is 0 Å². The minimum absolute atomic E-state index is 0.647. The van der Waals surface area contributed by atoms with E-state index in [1.165, 1.54) is 44.2 Å². The predicted molar refractivity (Wildman–Crippen MR) is 87.8 cm³/mol. The van der Waals surface area contributed by atoms with E-state index in [1.54, 1.807) is 6.20 Å². The summed E-state index contributed by atoms with van der Waals surface area (Å²) < 4.78 is 1.89. The molecular weight excluding hydrogens is 258 g/mol. The highest BCUT2D eigenvalue weighted by atomic mass is 15.3. The smallest absolute Gasteiger partial charge is 0.0647 e. The van der Waals surface area contributed by atoms with Crippen LogP contribution in [0.4, 0.5) is 5.69 Å². The van der Waals surface area contributed by atoms with Crippen molar-refractivity contribution in [2.45, 2.75) is 51.5 Å². The third kappa shape index (κ3) is 3.66. The fourth-order valence-electron chi connectivity index (χ4n) is 3.37. The first-order chi connectivity index (χ1) is 10.3. The highest BCUT2D eigenvalue weighted by Gasteiger charge is 2.20. The molecule has 0 bridgehead atoms. The van der Waals surface area contributed by atoms with Gasteiger partial charge in [-0.1, -0.05) is 19.8 Å². The Labute approximate surface area is 127 Å². The van der Waals surface area contributed by atoms with Crippen LogP contribution in [0.5, 0.6) is 0 Å². The molecule has 1 N–H and O–H groups in total. The summed E-state index contributed by atoms with van der Waals surface area (Å²) in [6.07, 6.45) is 11.9. The van der Waals surface area contributed by atoms with Crippen LogP contribution < -0.4 is 5.32 Å². The van der Waals surface area contributed by atoms with Crippen molar-refractivity contribution in [3.8, 4) is 5.69 Å². The zero-order valence-corrected chi connectivity index (χ0v) is 12.8. The van der Waals surface area contributed by atoms with Gasteiger partial charge in [0.25, 0.3) is 0 Å². The van der Waals surface area contributed by atoms with Gasteiger partial charge >= 0.3 is 0 Å². The fourth-order valence-corrected chi connectivity index (χ4v) is 3.37. The van der Waals surface area contributed by atoms with Gasteiger partial charge in [0.1, 0.15) is 0 Å². The molecule has 1 saturated carbocycles. The lowest BCUT2D eigenvalue weighted by Crippen LogP contribution is -2.26. The molecule has 0 saturated heterocycles. The predicted octanol–water partition coefficient (Wildman–Crippen LogP) is 4.64. The first kappa shape index (κ1) is 14.2. The quantitative estimate of drug-likeness (QED) is 0.866. The van der Waals surface area contributed by atoms with Gasteiger partial charge < -0.3 is 5.32 Å². The molecule has 0 radical (unpaired) electrons. The number of nitrogens with zero attached hydrogens (tertiary/aromatic N) is 2. The van der Waals surface area contributed by atoms with Gasteiger partial charge in [-0.05, 0) is 61.9 Å². The molecule has 0 atom stereocenters. The van der Waals surface area contributed by atoms with Crippen LogP contribution in [0.15, 0.2) is 42.7 Å². The summed E-state index contributed by atoms with van der Waals surface area (Å²) in [5.74, 6) is 0.968. The number of benzene rings is 1. The maximum atomic E-state index is 4.25. The maximum absolute atomic E-state index is 4.25. The average molecular weight is 283 g/mol. The molecule has 0 amide bonds. The Morgan fingerprint density at radius 3 is 2.52 bits per heavy atom. The van der Waals surface area contributed by atoms with E-state index < -0.39 is 0 Å². The van der Waals surface area contributed by atoms with E-state index in [4.69, 9.17) is 0 Å². The lowest BCUT2D eigenvalue weighted by Gasteiger charge is -2.29. The van der Waals surface area contributed by atoms with Crippen LogP contribution in [0.25, 0.3) is 5.69 Å². The van der Waals surface area contributed by atoms with Crippen LogP contribution in [0, 0.1) is 5.92 Å².